The Hall–Kier alpha value is -2.96. The fourth-order valence-corrected chi connectivity index (χ4v) is 1.67. The molecule has 1 aromatic rings. The zero-order chi connectivity index (χ0) is 14.2. The van der Waals surface area contributed by atoms with E-state index in [9.17, 15) is 19.2 Å². The molecule has 0 unspecified atom stereocenters. The zero-order valence-electron chi connectivity index (χ0n) is 9.36. The van der Waals surface area contributed by atoms with E-state index >= 15 is 0 Å². The highest BCUT2D eigenvalue weighted by Gasteiger charge is 2.34. The predicted octanol–water partition coefficient (Wildman–Crippen LogP) is 0.579. The van der Waals surface area contributed by atoms with Gasteiger partial charge in [-0.1, -0.05) is 0 Å². The molecule has 96 valence electrons. The van der Waals surface area contributed by atoms with Gasteiger partial charge in [0.1, 0.15) is 0 Å². The number of nitrogens with zero attached hydrogens (tertiary/aromatic N) is 1. The van der Waals surface area contributed by atoms with E-state index < -0.39 is 23.8 Å². The van der Waals surface area contributed by atoms with Gasteiger partial charge in [-0.15, -0.1) is 0 Å². The number of benzene rings is 1. The standard InChI is InChI=1S/C12H7NO6/c14-9(15)3-4-13-10(16)7-2-1-6(12(18)19)5-8(7)11(13)17/h1-5H,(H,14,15)(H,18,19)/b4-3+. The number of carbonyl (C=O) groups excluding carboxylic acids is 2. The topological polar surface area (TPSA) is 112 Å². The van der Waals surface area contributed by atoms with E-state index in [0.29, 0.717) is 11.0 Å². The zero-order valence-corrected chi connectivity index (χ0v) is 9.36. The third kappa shape index (κ3) is 2.08. The minimum Gasteiger partial charge on any atom is -0.478 e. The van der Waals surface area contributed by atoms with Gasteiger partial charge in [0.15, 0.2) is 0 Å². The van der Waals surface area contributed by atoms with Crippen LogP contribution in [0.2, 0.25) is 0 Å². The molecule has 19 heavy (non-hydrogen) atoms. The van der Waals surface area contributed by atoms with Crippen LogP contribution in [0.3, 0.4) is 0 Å². The Bertz CT molecular complexity index is 646. The van der Waals surface area contributed by atoms with Crippen LogP contribution < -0.4 is 0 Å². The molecular formula is C12H7NO6. The van der Waals surface area contributed by atoms with Crippen molar-refractivity contribution in [1.82, 2.24) is 4.90 Å². The van der Waals surface area contributed by atoms with Crippen molar-refractivity contribution in [3.8, 4) is 0 Å². The van der Waals surface area contributed by atoms with Crippen molar-refractivity contribution in [3.63, 3.8) is 0 Å². The molecule has 1 aliphatic rings. The molecule has 2 N–H and O–H groups in total. The van der Waals surface area contributed by atoms with E-state index in [1.54, 1.807) is 0 Å². The average Bonchev–Trinajstić information content (AvgIpc) is 2.59. The van der Waals surface area contributed by atoms with Gasteiger partial charge in [0.05, 0.1) is 16.7 Å². The Kier molecular flexibility index (Phi) is 2.88. The van der Waals surface area contributed by atoms with Gasteiger partial charge in [-0.05, 0) is 18.2 Å². The summed E-state index contributed by atoms with van der Waals surface area (Å²) in [6, 6.07) is 3.52. The molecule has 0 saturated carbocycles. The number of carboxylic acid groups (broad SMARTS) is 2. The molecule has 1 aliphatic heterocycles. The second-order valence-electron chi connectivity index (χ2n) is 3.70. The fourth-order valence-electron chi connectivity index (χ4n) is 1.67. The summed E-state index contributed by atoms with van der Waals surface area (Å²) in [5, 5.41) is 17.3. The quantitative estimate of drug-likeness (QED) is 0.608. The minimum absolute atomic E-state index is 0.0463. The molecule has 7 heteroatoms. The predicted molar refractivity (Wildman–Crippen MR) is 60.7 cm³/mol. The number of aliphatic carboxylic acids is 1. The second-order valence-corrected chi connectivity index (χ2v) is 3.70. The van der Waals surface area contributed by atoms with E-state index in [0.717, 1.165) is 12.3 Å². The third-order valence-corrected chi connectivity index (χ3v) is 2.53. The summed E-state index contributed by atoms with van der Waals surface area (Å²) in [7, 11) is 0. The number of amides is 2. The lowest BCUT2D eigenvalue weighted by molar-refractivity contribution is -0.131. The van der Waals surface area contributed by atoms with E-state index in [2.05, 4.69) is 0 Å². The van der Waals surface area contributed by atoms with Crippen molar-refractivity contribution in [3.05, 3.63) is 47.2 Å². The first kappa shape index (κ1) is 12.5. The monoisotopic (exact) mass is 261 g/mol. The van der Waals surface area contributed by atoms with Gasteiger partial charge in [0.2, 0.25) is 0 Å². The first-order valence-electron chi connectivity index (χ1n) is 5.08. The van der Waals surface area contributed by atoms with Crippen LogP contribution >= 0.6 is 0 Å². The van der Waals surface area contributed by atoms with Crippen LogP contribution in [0, 0.1) is 0 Å². The molecule has 1 heterocycles. The molecule has 0 fully saturated rings. The first-order chi connectivity index (χ1) is 8.91. The highest BCUT2D eigenvalue weighted by atomic mass is 16.4. The smallest absolute Gasteiger partial charge is 0.335 e. The Balaban J connectivity index is 2.44. The largest absolute Gasteiger partial charge is 0.478 e. The van der Waals surface area contributed by atoms with Gasteiger partial charge in [-0.3, -0.25) is 9.59 Å². The van der Waals surface area contributed by atoms with E-state index in [1.165, 1.54) is 12.1 Å². The highest BCUT2D eigenvalue weighted by Crippen LogP contribution is 2.24. The normalized spacial score (nSPS) is 14.0. The molecule has 0 atom stereocenters. The van der Waals surface area contributed by atoms with Crippen LogP contribution in [0.4, 0.5) is 0 Å². The number of aromatic carboxylic acids is 1. The van der Waals surface area contributed by atoms with Gasteiger partial charge in [0.25, 0.3) is 11.8 Å². The number of hydrogen-bond donors (Lipinski definition) is 2. The van der Waals surface area contributed by atoms with Crippen molar-refractivity contribution in [1.29, 1.82) is 0 Å². The molecule has 0 spiro atoms. The van der Waals surface area contributed by atoms with Gasteiger partial charge >= 0.3 is 11.9 Å². The van der Waals surface area contributed by atoms with Crippen molar-refractivity contribution in [2.45, 2.75) is 0 Å². The van der Waals surface area contributed by atoms with Crippen LogP contribution in [-0.4, -0.2) is 38.9 Å². The average molecular weight is 261 g/mol. The van der Waals surface area contributed by atoms with Gasteiger partial charge in [0, 0.05) is 12.3 Å². The molecule has 2 amide bonds. The Morgan fingerprint density at radius 3 is 2.26 bits per heavy atom. The molecule has 2 rings (SSSR count). The van der Waals surface area contributed by atoms with Crippen molar-refractivity contribution < 1.29 is 29.4 Å². The van der Waals surface area contributed by atoms with Gasteiger partial charge < -0.3 is 10.2 Å². The Morgan fingerprint density at radius 2 is 1.68 bits per heavy atom. The molecule has 7 nitrogen and oxygen atoms in total. The lowest BCUT2D eigenvalue weighted by Gasteiger charge is -2.05. The third-order valence-electron chi connectivity index (χ3n) is 2.53. The molecule has 1 aromatic carbocycles. The molecule has 0 aromatic heterocycles. The first-order valence-corrected chi connectivity index (χ1v) is 5.08. The lowest BCUT2D eigenvalue weighted by Crippen LogP contribution is -2.23. The van der Waals surface area contributed by atoms with Gasteiger partial charge in [-0.25, -0.2) is 14.5 Å². The number of imide groups is 1. The summed E-state index contributed by atoms with van der Waals surface area (Å²) in [6.45, 7) is 0. The fraction of sp³-hybridized carbons (Fsp3) is 0. The number of carboxylic acids is 2. The SMILES string of the molecule is O=C(O)/C=C/N1C(=O)c2ccc(C(=O)O)cc2C1=O. The maximum Gasteiger partial charge on any atom is 0.335 e. The number of hydrogen-bond acceptors (Lipinski definition) is 4. The van der Waals surface area contributed by atoms with Crippen molar-refractivity contribution in [2.24, 2.45) is 0 Å². The van der Waals surface area contributed by atoms with Crippen LogP contribution in [0.15, 0.2) is 30.5 Å². The minimum atomic E-state index is -1.30. The molecule has 0 saturated heterocycles. The summed E-state index contributed by atoms with van der Waals surface area (Å²) in [4.78, 5) is 45.5. The number of fused-ring (bicyclic) bond motifs is 1. The van der Waals surface area contributed by atoms with E-state index in [4.69, 9.17) is 10.2 Å². The molecule has 0 bridgehead atoms. The van der Waals surface area contributed by atoms with E-state index in [1.807, 2.05) is 0 Å². The molecule has 0 aliphatic carbocycles. The summed E-state index contributed by atoms with van der Waals surface area (Å²) in [5.41, 5.74) is -0.131. The van der Waals surface area contributed by atoms with E-state index in [-0.39, 0.29) is 16.7 Å². The molecule has 0 radical (unpaired) electrons. The maximum atomic E-state index is 11.9. The van der Waals surface area contributed by atoms with Crippen molar-refractivity contribution >= 4 is 23.8 Å². The van der Waals surface area contributed by atoms with Crippen LogP contribution in [0.1, 0.15) is 31.1 Å². The Morgan fingerprint density at radius 1 is 1.05 bits per heavy atom. The number of rotatable bonds is 3. The summed E-state index contributed by atoms with van der Waals surface area (Å²) in [6.07, 6.45) is 1.49. The van der Waals surface area contributed by atoms with Crippen molar-refractivity contribution in [2.75, 3.05) is 0 Å². The highest BCUT2D eigenvalue weighted by molar-refractivity contribution is 6.22. The van der Waals surface area contributed by atoms with Crippen LogP contribution in [0.25, 0.3) is 0 Å². The summed E-state index contributed by atoms with van der Waals surface area (Å²) >= 11 is 0. The van der Waals surface area contributed by atoms with Crippen LogP contribution in [-0.2, 0) is 4.79 Å². The summed E-state index contributed by atoms with van der Waals surface area (Å²) < 4.78 is 0. The maximum absolute atomic E-state index is 11.9. The number of carbonyl (C=O) groups is 4. The molecular weight excluding hydrogens is 254 g/mol. The van der Waals surface area contributed by atoms with Gasteiger partial charge in [-0.2, -0.15) is 0 Å². The second kappa shape index (κ2) is 4.37. The van der Waals surface area contributed by atoms with Crippen LogP contribution in [0.5, 0.6) is 0 Å². The summed E-state index contributed by atoms with van der Waals surface area (Å²) in [5.74, 6) is -3.96. The Labute approximate surface area is 106 Å². The lowest BCUT2D eigenvalue weighted by atomic mass is 10.1.